The van der Waals surface area contributed by atoms with Crippen LogP contribution in [0.4, 0.5) is 4.79 Å². The van der Waals surface area contributed by atoms with E-state index >= 15 is 0 Å². The zero-order chi connectivity index (χ0) is 11.7. The molecule has 0 saturated carbocycles. The molecule has 0 atom stereocenters. The highest BCUT2D eigenvalue weighted by Crippen LogP contribution is 1.87. The van der Waals surface area contributed by atoms with Crippen LogP contribution in [0, 0.1) is 11.8 Å². The van der Waals surface area contributed by atoms with Gasteiger partial charge in [-0.05, 0) is 20.0 Å². The van der Waals surface area contributed by atoms with E-state index < -0.39 is 6.09 Å². The van der Waals surface area contributed by atoms with Crippen LogP contribution in [-0.4, -0.2) is 53.7 Å². The summed E-state index contributed by atoms with van der Waals surface area (Å²) in [6.07, 6.45) is -0.908. The molecule has 0 aromatic heterocycles. The zero-order valence-corrected chi connectivity index (χ0v) is 9.79. The van der Waals surface area contributed by atoms with E-state index in [1.807, 2.05) is 0 Å². The number of hydrogen-bond donors (Lipinski definition) is 1. The van der Waals surface area contributed by atoms with Crippen LogP contribution in [0.5, 0.6) is 0 Å². The van der Waals surface area contributed by atoms with Crippen molar-refractivity contribution in [2.45, 2.75) is 20.8 Å². The highest BCUT2D eigenvalue weighted by molar-refractivity contribution is 5.65. The molecule has 0 unspecified atom stereocenters. The van der Waals surface area contributed by atoms with E-state index in [1.165, 1.54) is 4.90 Å². The van der Waals surface area contributed by atoms with Crippen LogP contribution in [0.2, 0.25) is 0 Å². The predicted octanol–water partition coefficient (Wildman–Crippen LogP) is 1.33. The van der Waals surface area contributed by atoms with Crippen molar-refractivity contribution in [3.8, 4) is 11.8 Å². The number of hydrogen-bond acceptors (Lipinski definition) is 2. The van der Waals surface area contributed by atoms with Crippen LogP contribution in [0.1, 0.15) is 20.8 Å². The molecule has 86 valence electrons. The number of rotatable bonds is 5. The Balaban J connectivity index is 3.92. The molecule has 0 aliphatic carbocycles. The Kier molecular flexibility index (Phi) is 7.47. The Bertz CT molecular complexity index is 239. The fourth-order valence-corrected chi connectivity index (χ4v) is 1.08. The maximum atomic E-state index is 10.6. The second-order valence-corrected chi connectivity index (χ2v) is 3.11. The zero-order valence-electron chi connectivity index (χ0n) is 9.79. The summed E-state index contributed by atoms with van der Waals surface area (Å²) in [7, 11) is 0. The molecular formula is C11H20N2O2. The molecule has 1 N–H and O–H groups in total. The molecule has 4 heteroatoms. The van der Waals surface area contributed by atoms with Crippen LogP contribution < -0.4 is 0 Å². The normalized spacial score (nSPS) is 9.60. The fourth-order valence-electron chi connectivity index (χ4n) is 1.08. The number of carbonyl (C=O) groups is 1. The van der Waals surface area contributed by atoms with E-state index in [-0.39, 0.29) is 0 Å². The van der Waals surface area contributed by atoms with Crippen molar-refractivity contribution in [1.82, 2.24) is 9.80 Å². The maximum absolute atomic E-state index is 10.6. The SMILES string of the molecule is CCN(CC)CC#CCN(CC)C(=O)O. The molecule has 0 aromatic carbocycles. The van der Waals surface area contributed by atoms with E-state index in [9.17, 15) is 4.79 Å². The maximum Gasteiger partial charge on any atom is 0.408 e. The first-order chi connectivity index (χ1) is 7.15. The van der Waals surface area contributed by atoms with Gasteiger partial charge in [0, 0.05) is 6.54 Å². The van der Waals surface area contributed by atoms with Crippen LogP contribution in [0.15, 0.2) is 0 Å². The van der Waals surface area contributed by atoms with Gasteiger partial charge in [-0.1, -0.05) is 25.7 Å². The molecular weight excluding hydrogens is 192 g/mol. The summed E-state index contributed by atoms with van der Waals surface area (Å²) in [5, 5.41) is 8.72. The Morgan fingerprint density at radius 1 is 1.07 bits per heavy atom. The van der Waals surface area contributed by atoms with Crippen molar-refractivity contribution in [3.05, 3.63) is 0 Å². The van der Waals surface area contributed by atoms with Crippen molar-refractivity contribution in [2.24, 2.45) is 0 Å². The van der Waals surface area contributed by atoms with Gasteiger partial charge >= 0.3 is 6.09 Å². The first kappa shape index (κ1) is 13.8. The molecule has 15 heavy (non-hydrogen) atoms. The molecule has 0 aromatic rings. The summed E-state index contributed by atoms with van der Waals surface area (Å²) in [5.41, 5.74) is 0. The van der Waals surface area contributed by atoms with Crippen molar-refractivity contribution in [1.29, 1.82) is 0 Å². The van der Waals surface area contributed by atoms with Gasteiger partial charge in [-0.15, -0.1) is 0 Å². The molecule has 0 heterocycles. The Morgan fingerprint density at radius 3 is 2.00 bits per heavy atom. The first-order valence-electron chi connectivity index (χ1n) is 5.31. The van der Waals surface area contributed by atoms with Crippen LogP contribution in [0.3, 0.4) is 0 Å². The smallest absolute Gasteiger partial charge is 0.408 e. The summed E-state index contributed by atoms with van der Waals surface area (Å²) in [4.78, 5) is 14.1. The largest absolute Gasteiger partial charge is 0.465 e. The lowest BCUT2D eigenvalue weighted by atomic mass is 10.4. The lowest BCUT2D eigenvalue weighted by molar-refractivity contribution is 0.153. The molecule has 0 aliphatic rings. The topological polar surface area (TPSA) is 43.8 Å². The van der Waals surface area contributed by atoms with Gasteiger partial charge in [0.1, 0.15) is 0 Å². The first-order valence-corrected chi connectivity index (χ1v) is 5.31. The lowest BCUT2D eigenvalue weighted by Gasteiger charge is -2.14. The average molecular weight is 212 g/mol. The average Bonchev–Trinajstić information content (AvgIpc) is 2.23. The summed E-state index contributed by atoms with van der Waals surface area (Å²) < 4.78 is 0. The van der Waals surface area contributed by atoms with Gasteiger partial charge in [0.25, 0.3) is 0 Å². The number of nitrogens with zero attached hydrogens (tertiary/aromatic N) is 2. The second-order valence-electron chi connectivity index (χ2n) is 3.11. The quantitative estimate of drug-likeness (QED) is 0.699. The van der Waals surface area contributed by atoms with Crippen LogP contribution >= 0.6 is 0 Å². The fraction of sp³-hybridized carbons (Fsp3) is 0.727. The third-order valence-corrected chi connectivity index (χ3v) is 2.24. The highest BCUT2D eigenvalue weighted by atomic mass is 16.4. The van der Waals surface area contributed by atoms with Crippen molar-refractivity contribution < 1.29 is 9.90 Å². The standard InChI is InChI=1S/C11H20N2O2/c1-4-12(5-2)9-7-8-10-13(6-3)11(14)15/h4-6,9-10H2,1-3H3,(H,14,15). The Morgan fingerprint density at radius 2 is 1.60 bits per heavy atom. The molecule has 0 aliphatic heterocycles. The minimum Gasteiger partial charge on any atom is -0.465 e. The number of amides is 1. The van der Waals surface area contributed by atoms with E-state index in [2.05, 4.69) is 30.6 Å². The van der Waals surface area contributed by atoms with Gasteiger partial charge in [0.05, 0.1) is 13.1 Å². The molecule has 0 spiro atoms. The second kappa shape index (κ2) is 8.13. The van der Waals surface area contributed by atoms with Gasteiger partial charge in [-0.2, -0.15) is 0 Å². The number of carboxylic acid groups (broad SMARTS) is 1. The van der Waals surface area contributed by atoms with Crippen LogP contribution in [0.25, 0.3) is 0 Å². The predicted molar refractivity (Wildman–Crippen MR) is 60.8 cm³/mol. The van der Waals surface area contributed by atoms with Gasteiger partial charge < -0.3 is 5.11 Å². The summed E-state index contributed by atoms with van der Waals surface area (Å²) >= 11 is 0. The van der Waals surface area contributed by atoms with E-state index in [0.29, 0.717) is 19.6 Å². The summed E-state index contributed by atoms with van der Waals surface area (Å²) in [6, 6.07) is 0. The minimum atomic E-state index is -0.908. The monoisotopic (exact) mass is 212 g/mol. The van der Waals surface area contributed by atoms with Gasteiger partial charge in [0.2, 0.25) is 0 Å². The molecule has 1 amide bonds. The molecule has 4 nitrogen and oxygen atoms in total. The molecule has 0 saturated heterocycles. The van der Waals surface area contributed by atoms with E-state index in [0.717, 1.165) is 13.1 Å². The Hall–Kier alpha value is -1.21. The molecule has 0 fully saturated rings. The van der Waals surface area contributed by atoms with Gasteiger partial charge in [-0.25, -0.2) is 4.79 Å². The molecule has 0 radical (unpaired) electrons. The molecule has 0 bridgehead atoms. The Labute approximate surface area is 91.9 Å². The van der Waals surface area contributed by atoms with Gasteiger partial charge in [0.15, 0.2) is 0 Å². The third-order valence-electron chi connectivity index (χ3n) is 2.24. The summed E-state index contributed by atoms with van der Waals surface area (Å²) in [5.74, 6) is 5.85. The van der Waals surface area contributed by atoms with Crippen molar-refractivity contribution in [3.63, 3.8) is 0 Å². The molecule has 0 rings (SSSR count). The van der Waals surface area contributed by atoms with Crippen molar-refractivity contribution >= 4 is 6.09 Å². The minimum absolute atomic E-state index is 0.299. The van der Waals surface area contributed by atoms with Crippen molar-refractivity contribution in [2.75, 3.05) is 32.7 Å². The van der Waals surface area contributed by atoms with E-state index in [1.54, 1.807) is 6.92 Å². The van der Waals surface area contributed by atoms with Gasteiger partial charge in [-0.3, -0.25) is 9.80 Å². The van der Waals surface area contributed by atoms with Crippen LogP contribution in [-0.2, 0) is 0 Å². The third kappa shape index (κ3) is 5.97. The van der Waals surface area contributed by atoms with E-state index in [4.69, 9.17) is 5.11 Å². The lowest BCUT2D eigenvalue weighted by Crippen LogP contribution is -2.29. The highest BCUT2D eigenvalue weighted by Gasteiger charge is 2.05. The summed E-state index contributed by atoms with van der Waals surface area (Å²) in [6.45, 7) is 9.41.